The van der Waals surface area contributed by atoms with Crippen molar-refractivity contribution in [3.05, 3.63) is 30.1 Å². The Labute approximate surface area is 139 Å². The minimum absolute atomic E-state index is 0.0193. The zero-order chi connectivity index (χ0) is 17.2. The van der Waals surface area contributed by atoms with E-state index in [2.05, 4.69) is 4.98 Å². The molecule has 2 N–H and O–H groups in total. The Balaban J connectivity index is 2.72. The molecule has 1 aromatic rings. The largest absolute Gasteiger partial charge is 0.351 e. The molecule has 1 atom stereocenters. The highest BCUT2D eigenvalue weighted by Crippen LogP contribution is 2.09. The molecule has 0 aliphatic carbocycles. The van der Waals surface area contributed by atoms with E-state index >= 15 is 0 Å². The van der Waals surface area contributed by atoms with Gasteiger partial charge < -0.3 is 20.1 Å². The molecule has 130 valence electrons. The van der Waals surface area contributed by atoms with Gasteiger partial charge in [0.05, 0.1) is 12.6 Å². The molecule has 0 saturated carbocycles. The fourth-order valence-electron chi connectivity index (χ4n) is 2.31. The molecule has 1 unspecified atom stereocenters. The Bertz CT molecular complexity index is 448. The van der Waals surface area contributed by atoms with Crippen LogP contribution in [0.25, 0.3) is 0 Å². The second kappa shape index (κ2) is 10.3. The molecular weight excluding hydrogens is 294 g/mol. The van der Waals surface area contributed by atoms with Gasteiger partial charge in [-0.3, -0.25) is 9.78 Å². The van der Waals surface area contributed by atoms with Crippen molar-refractivity contribution >= 4 is 5.91 Å². The predicted octanol–water partition coefficient (Wildman–Crippen LogP) is 1.59. The maximum absolute atomic E-state index is 12.7. The number of amides is 1. The Hall–Kier alpha value is -1.50. The first-order valence-electron chi connectivity index (χ1n) is 8.17. The van der Waals surface area contributed by atoms with Gasteiger partial charge in [-0.15, -0.1) is 0 Å². The topological polar surface area (TPSA) is 77.7 Å². The van der Waals surface area contributed by atoms with Gasteiger partial charge >= 0.3 is 0 Å². The summed E-state index contributed by atoms with van der Waals surface area (Å²) in [6.45, 7) is 9.18. The minimum atomic E-state index is -0.606. The molecule has 6 heteroatoms. The fourth-order valence-corrected chi connectivity index (χ4v) is 2.31. The van der Waals surface area contributed by atoms with Crippen molar-refractivity contribution in [1.29, 1.82) is 0 Å². The normalized spacial score (nSPS) is 12.7. The van der Waals surface area contributed by atoms with Crippen molar-refractivity contribution in [2.45, 2.75) is 52.5 Å². The number of carbonyl (C=O) groups excluding carboxylic acids is 1. The van der Waals surface area contributed by atoms with Gasteiger partial charge in [0.15, 0.2) is 6.29 Å². The zero-order valence-electron chi connectivity index (χ0n) is 14.6. The van der Waals surface area contributed by atoms with Crippen LogP contribution in [0.5, 0.6) is 0 Å². The van der Waals surface area contributed by atoms with Gasteiger partial charge in [0.2, 0.25) is 5.91 Å². The van der Waals surface area contributed by atoms with Crippen LogP contribution in [0.4, 0.5) is 0 Å². The number of pyridine rings is 1. The summed E-state index contributed by atoms with van der Waals surface area (Å²) in [5, 5.41) is 0. The molecule has 0 radical (unpaired) electrons. The van der Waals surface area contributed by atoms with Gasteiger partial charge in [0, 0.05) is 31.6 Å². The minimum Gasteiger partial charge on any atom is -0.351 e. The molecule has 0 aliphatic rings. The third kappa shape index (κ3) is 6.64. The van der Waals surface area contributed by atoms with E-state index in [-0.39, 0.29) is 11.9 Å². The van der Waals surface area contributed by atoms with E-state index in [1.54, 1.807) is 17.3 Å². The number of hydrogen-bond donors (Lipinski definition) is 1. The van der Waals surface area contributed by atoms with Crippen molar-refractivity contribution in [3.63, 3.8) is 0 Å². The van der Waals surface area contributed by atoms with Crippen LogP contribution in [0, 0.1) is 0 Å². The van der Waals surface area contributed by atoms with E-state index in [9.17, 15) is 4.79 Å². The fraction of sp³-hybridized carbons (Fsp3) is 0.647. The van der Waals surface area contributed by atoms with Crippen LogP contribution in [0.15, 0.2) is 24.5 Å². The van der Waals surface area contributed by atoms with Gasteiger partial charge in [-0.1, -0.05) is 6.07 Å². The van der Waals surface area contributed by atoms with Gasteiger partial charge in [0.1, 0.15) is 0 Å². The summed E-state index contributed by atoms with van der Waals surface area (Å²) in [5.41, 5.74) is 7.06. The van der Waals surface area contributed by atoms with Crippen molar-refractivity contribution in [2.75, 3.05) is 19.8 Å². The summed E-state index contributed by atoms with van der Waals surface area (Å²) in [7, 11) is 0. The van der Waals surface area contributed by atoms with E-state index < -0.39 is 12.3 Å². The maximum atomic E-state index is 12.7. The summed E-state index contributed by atoms with van der Waals surface area (Å²) in [6.07, 6.45) is 3.47. The lowest BCUT2D eigenvalue weighted by molar-refractivity contribution is -0.162. The summed E-state index contributed by atoms with van der Waals surface area (Å²) in [4.78, 5) is 18.5. The number of nitrogens with two attached hydrogens (primary N) is 1. The molecule has 23 heavy (non-hydrogen) atoms. The molecular formula is C17H29N3O3. The van der Waals surface area contributed by atoms with Crippen molar-refractivity contribution in [1.82, 2.24) is 9.88 Å². The number of aromatic nitrogens is 1. The first-order valence-corrected chi connectivity index (χ1v) is 8.17. The average molecular weight is 323 g/mol. The number of nitrogens with zero attached hydrogens (tertiary/aromatic N) is 2. The molecule has 0 fully saturated rings. The Morgan fingerprint density at radius 1 is 1.30 bits per heavy atom. The summed E-state index contributed by atoms with van der Waals surface area (Å²) in [5.74, 6) is -0.103. The summed E-state index contributed by atoms with van der Waals surface area (Å²) < 4.78 is 11.1. The lowest BCUT2D eigenvalue weighted by atomic mass is 10.1. The van der Waals surface area contributed by atoms with Crippen LogP contribution in [0.3, 0.4) is 0 Å². The molecule has 1 amide bonds. The van der Waals surface area contributed by atoms with Gasteiger partial charge in [-0.05, 0) is 45.7 Å². The molecule has 0 saturated heterocycles. The van der Waals surface area contributed by atoms with Crippen molar-refractivity contribution in [2.24, 2.45) is 5.73 Å². The molecule has 1 rings (SSSR count). The lowest BCUT2D eigenvalue weighted by Gasteiger charge is -2.32. The number of hydrogen-bond acceptors (Lipinski definition) is 5. The standard InChI is InChI=1S/C17H29N3O3/c1-5-22-16(23-6-2)12-20(13(3)4)17(21)15(18)10-14-8-7-9-19-11-14/h7-9,11,13,15-16H,5-6,10,12,18H2,1-4H3. The molecule has 0 aliphatic heterocycles. The van der Waals surface area contributed by atoms with Gasteiger partial charge in [-0.25, -0.2) is 0 Å². The van der Waals surface area contributed by atoms with Crippen LogP contribution < -0.4 is 5.73 Å². The lowest BCUT2D eigenvalue weighted by Crippen LogP contribution is -2.51. The van der Waals surface area contributed by atoms with E-state index in [4.69, 9.17) is 15.2 Å². The average Bonchev–Trinajstić information content (AvgIpc) is 2.53. The number of ether oxygens (including phenoxy) is 2. The number of rotatable bonds is 10. The molecule has 1 aromatic heterocycles. The highest BCUT2D eigenvalue weighted by Gasteiger charge is 2.26. The van der Waals surface area contributed by atoms with E-state index in [0.29, 0.717) is 26.2 Å². The quantitative estimate of drug-likeness (QED) is 0.662. The second-order valence-electron chi connectivity index (χ2n) is 5.60. The Morgan fingerprint density at radius 3 is 2.43 bits per heavy atom. The highest BCUT2D eigenvalue weighted by molar-refractivity contribution is 5.82. The highest BCUT2D eigenvalue weighted by atomic mass is 16.7. The molecule has 1 heterocycles. The second-order valence-corrected chi connectivity index (χ2v) is 5.60. The van der Waals surface area contributed by atoms with Crippen LogP contribution >= 0.6 is 0 Å². The third-order valence-electron chi connectivity index (χ3n) is 3.45. The first-order chi connectivity index (χ1) is 11.0. The molecule has 0 bridgehead atoms. The van der Waals surface area contributed by atoms with Crippen molar-refractivity contribution in [3.8, 4) is 0 Å². The predicted molar refractivity (Wildman–Crippen MR) is 89.8 cm³/mol. The Morgan fingerprint density at radius 2 is 1.96 bits per heavy atom. The first kappa shape index (κ1) is 19.5. The van der Waals surface area contributed by atoms with Crippen LogP contribution in [-0.2, 0) is 20.7 Å². The number of carbonyl (C=O) groups is 1. The van der Waals surface area contributed by atoms with Gasteiger partial charge in [-0.2, -0.15) is 0 Å². The zero-order valence-corrected chi connectivity index (χ0v) is 14.6. The Kier molecular flexibility index (Phi) is 8.76. The van der Waals surface area contributed by atoms with Crippen LogP contribution in [0.2, 0.25) is 0 Å². The van der Waals surface area contributed by atoms with E-state index in [1.807, 2.05) is 39.8 Å². The SMILES string of the molecule is CCOC(CN(C(=O)C(N)Cc1cccnc1)C(C)C)OCC. The van der Waals surface area contributed by atoms with E-state index in [0.717, 1.165) is 5.56 Å². The summed E-state index contributed by atoms with van der Waals surface area (Å²) in [6, 6.07) is 3.17. The molecule has 6 nitrogen and oxygen atoms in total. The van der Waals surface area contributed by atoms with Crippen LogP contribution in [-0.4, -0.2) is 53.9 Å². The van der Waals surface area contributed by atoms with Crippen LogP contribution in [0.1, 0.15) is 33.3 Å². The molecule has 0 aromatic carbocycles. The maximum Gasteiger partial charge on any atom is 0.240 e. The smallest absolute Gasteiger partial charge is 0.240 e. The van der Waals surface area contributed by atoms with Crippen molar-refractivity contribution < 1.29 is 14.3 Å². The molecule has 0 spiro atoms. The van der Waals surface area contributed by atoms with E-state index in [1.165, 1.54) is 0 Å². The van der Waals surface area contributed by atoms with Gasteiger partial charge in [0.25, 0.3) is 0 Å². The monoisotopic (exact) mass is 323 g/mol. The summed E-state index contributed by atoms with van der Waals surface area (Å²) >= 11 is 0. The third-order valence-corrected chi connectivity index (χ3v) is 3.45.